The maximum Gasteiger partial charge on any atom is 0.255 e. The van der Waals surface area contributed by atoms with Gasteiger partial charge in [0.15, 0.2) is 5.16 Å². The van der Waals surface area contributed by atoms with Crippen molar-refractivity contribution in [1.29, 1.82) is 0 Å². The van der Waals surface area contributed by atoms with Gasteiger partial charge in [-0.2, -0.15) is 0 Å². The van der Waals surface area contributed by atoms with Gasteiger partial charge in [0.05, 0.1) is 19.1 Å². The van der Waals surface area contributed by atoms with Crippen molar-refractivity contribution in [1.82, 2.24) is 9.55 Å². The Bertz CT molecular complexity index is 1140. The van der Waals surface area contributed by atoms with Crippen molar-refractivity contribution in [2.75, 3.05) is 29.7 Å². The highest BCUT2D eigenvalue weighted by molar-refractivity contribution is 7.98. The Morgan fingerprint density at radius 3 is 2.69 bits per heavy atom. The summed E-state index contributed by atoms with van der Waals surface area (Å²) < 4.78 is 32.4. The Kier molecular flexibility index (Phi) is 6.14. The lowest BCUT2D eigenvalue weighted by Gasteiger charge is -2.13. The van der Waals surface area contributed by atoms with Gasteiger partial charge < -0.3 is 10.1 Å². The Balaban J connectivity index is 1.83. The van der Waals surface area contributed by atoms with Crippen molar-refractivity contribution >= 4 is 39.1 Å². The average Bonchev–Trinajstić information content (AvgIpc) is 3.17. The highest BCUT2D eigenvalue weighted by Crippen LogP contribution is 2.29. The topological polar surface area (TPSA) is 102 Å². The van der Waals surface area contributed by atoms with E-state index in [0.717, 1.165) is 17.1 Å². The van der Waals surface area contributed by atoms with E-state index in [4.69, 9.17) is 4.74 Å². The molecule has 29 heavy (non-hydrogen) atoms. The van der Waals surface area contributed by atoms with Crippen molar-refractivity contribution in [2.24, 2.45) is 0 Å². The molecule has 0 atom stereocenters. The quantitative estimate of drug-likeness (QED) is 0.556. The van der Waals surface area contributed by atoms with Gasteiger partial charge in [0.1, 0.15) is 5.75 Å². The normalized spacial score (nSPS) is 11.1. The van der Waals surface area contributed by atoms with Crippen LogP contribution in [0.25, 0.3) is 5.69 Å². The molecule has 2 N–H and O–H groups in total. The number of nitrogens with zero attached hydrogens (tertiary/aromatic N) is 2. The number of ether oxygens (including phenoxy) is 1. The first-order valence-corrected chi connectivity index (χ1v) is 11.6. The average molecular weight is 433 g/mol. The summed E-state index contributed by atoms with van der Waals surface area (Å²) in [5.41, 5.74) is 2.06. The Hall–Kier alpha value is -2.98. The van der Waals surface area contributed by atoms with E-state index in [9.17, 15) is 13.2 Å². The van der Waals surface area contributed by atoms with Crippen LogP contribution in [0.15, 0.2) is 60.0 Å². The Morgan fingerprint density at radius 2 is 2.00 bits per heavy atom. The van der Waals surface area contributed by atoms with Gasteiger partial charge in [-0.3, -0.25) is 14.1 Å². The lowest BCUT2D eigenvalue weighted by Crippen LogP contribution is -2.13. The minimum atomic E-state index is -3.45. The van der Waals surface area contributed by atoms with Gasteiger partial charge in [-0.1, -0.05) is 17.8 Å². The molecule has 152 valence electrons. The highest BCUT2D eigenvalue weighted by atomic mass is 32.2. The first-order chi connectivity index (χ1) is 13.8. The first-order valence-electron chi connectivity index (χ1n) is 8.45. The molecule has 0 unspecified atom stereocenters. The van der Waals surface area contributed by atoms with Gasteiger partial charge in [0.25, 0.3) is 5.91 Å². The lowest BCUT2D eigenvalue weighted by atomic mass is 10.1. The number of imidazole rings is 1. The highest BCUT2D eigenvalue weighted by Gasteiger charge is 2.13. The van der Waals surface area contributed by atoms with E-state index in [-0.39, 0.29) is 5.91 Å². The number of hydrogen-bond donors (Lipinski definition) is 2. The summed E-state index contributed by atoms with van der Waals surface area (Å²) in [4.78, 5) is 17.0. The number of benzene rings is 2. The number of anilines is 2. The Morgan fingerprint density at radius 1 is 1.21 bits per heavy atom. The van der Waals surface area contributed by atoms with E-state index in [2.05, 4.69) is 15.0 Å². The monoisotopic (exact) mass is 432 g/mol. The number of amides is 1. The van der Waals surface area contributed by atoms with Crippen molar-refractivity contribution in [3.8, 4) is 11.4 Å². The van der Waals surface area contributed by atoms with Gasteiger partial charge in [-0.05, 0) is 36.6 Å². The van der Waals surface area contributed by atoms with Crippen molar-refractivity contribution in [3.05, 3.63) is 60.4 Å². The molecule has 10 heteroatoms. The van der Waals surface area contributed by atoms with Crippen LogP contribution in [0.2, 0.25) is 0 Å². The van der Waals surface area contributed by atoms with E-state index in [1.807, 2.05) is 23.1 Å². The largest absolute Gasteiger partial charge is 0.494 e. The van der Waals surface area contributed by atoms with Crippen LogP contribution in [0.3, 0.4) is 0 Å². The minimum absolute atomic E-state index is 0.291. The molecule has 0 saturated heterocycles. The number of thioether (sulfide) groups is 1. The SMILES string of the molecule is COc1cc(NC(=O)c2cccc(-n3ccnc3SC)c2)ccc1NS(C)(=O)=O. The summed E-state index contributed by atoms with van der Waals surface area (Å²) >= 11 is 1.51. The lowest BCUT2D eigenvalue weighted by molar-refractivity contribution is 0.102. The van der Waals surface area contributed by atoms with Gasteiger partial charge in [-0.15, -0.1) is 0 Å². The number of carbonyl (C=O) groups is 1. The number of methoxy groups -OCH3 is 1. The van der Waals surface area contributed by atoms with Crippen molar-refractivity contribution < 1.29 is 17.9 Å². The zero-order chi connectivity index (χ0) is 21.0. The summed E-state index contributed by atoms with van der Waals surface area (Å²) in [5, 5.41) is 3.62. The number of rotatable bonds is 7. The van der Waals surface area contributed by atoms with Crippen LogP contribution in [0, 0.1) is 0 Å². The number of nitrogens with one attached hydrogen (secondary N) is 2. The predicted molar refractivity (Wildman–Crippen MR) is 115 cm³/mol. The third kappa shape index (κ3) is 5.09. The van der Waals surface area contributed by atoms with Crippen LogP contribution >= 0.6 is 11.8 Å². The third-order valence-corrected chi connectivity index (χ3v) is 5.19. The third-order valence-electron chi connectivity index (χ3n) is 3.93. The smallest absolute Gasteiger partial charge is 0.255 e. The molecule has 8 nitrogen and oxygen atoms in total. The van der Waals surface area contributed by atoms with Gasteiger partial charge in [0.2, 0.25) is 10.0 Å². The van der Waals surface area contributed by atoms with E-state index in [0.29, 0.717) is 22.7 Å². The maximum absolute atomic E-state index is 12.7. The summed E-state index contributed by atoms with van der Waals surface area (Å²) in [7, 11) is -2.02. The summed E-state index contributed by atoms with van der Waals surface area (Å²) in [6.07, 6.45) is 6.53. The van der Waals surface area contributed by atoms with Crippen LogP contribution in [0.4, 0.5) is 11.4 Å². The van der Waals surface area contributed by atoms with Gasteiger partial charge >= 0.3 is 0 Å². The molecule has 0 aliphatic carbocycles. The zero-order valence-electron chi connectivity index (χ0n) is 16.0. The molecule has 0 aliphatic heterocycles. The van der Waals surface area contributed by atoms with Crippen molar-refractivity contribution in [3.63, 3.8) is 0 Å². The summed E-state index contributed by atoms with van der Waals surface area (Å²) in [6, 6.07) is 11.9. The van der Waals surface area contributed by atoms with Crippen molar-refractivity contribution in [2.45, 2.75) is 5.16 Å². The second kappa shape index (κ2) is 8.58. The second-order valence-electron chi connectivity index (χ2n) is 6.08. The summed E-state index contributed by atoms with van der Waals surface area (Å²) in [5.74, 6) is -0.00598. The fraction of sp³-hybridized carbons (Fsp3) is 0.158. The van der Waals surface area contributed by atoms with E-state index >= 15 is 0 Å². The molecule has 2 aromatic carbocycles. The number of carbonyl (C=O) groups excluding carboxylic acids is 1. The molecule has 0 saturated carbocycles. The molecular weight excluding hydrogens is 412 g/mol. The maximum atomic E-state index is 12.7. The predicted octanol–water partition coefficient (Wildman–Crippen LogP) is 3.23. The molecule has 0 spiro atoms. The molecule has 0 fully saturated rings. The van der Waals surface area contributed by atoms with Gasteiger partial charge in [0, 0.05) is 35.4 Å². The molecule has 1 heterocycles. The molecule has 1 amide bonds. The molecule has 0 radical (unpaired) electrons. The van der Waals surface area contributed by atoms with E-state index in [1.54, 1.807) is 36.5 Å². The van der Waals surface area contributed by atoms with E-state index in [1.165, 1.54) is 24.9 Å². The Labute approximate surface area is 173 Å². The number of aromatic nitrogens is 2. The van der Waals surface area contributed by atoms with Crippen LogP contribution < -0.4 is 14.8 Å². The molecule has 1 aromatic heterocycles. The van der Waals surface area contributed by atoms with Crippen LogP contribution in [0.5, 0.6) is 5.75 Å². The molecular formula is C19H20N4O4S2. The van der Waals surface area contributed by atoms with Crippen LogP contribution in [-0.2, 0) is 10.0 Å². The van der Waals surface area contributed by atoms with Crippen LogP contribution in [-0.4, -0.2) is 43.5 Å². The first kappa shape index (κ1) is 20.7. The number of hydrogen-bond acceptors (Lipinski definition) is 6. The fourth-order valence-corrected chi connectivity index (χ4v) is 3.79. The molecule has 0 aliphatic rings. The zero-order valence-corrected chi connectivity index (χ0v) is 17.7. The molecule has 0 bridgehead atoms. The summed E-state index contributed by atoms with van der Waals surface area (Å²) in [6.45, 7) is 0. The molecule has 3 aromatic rings. The molecule has 3 rings (SSSR count). The minimum Gasteiger partial charge on any atom is -0.494 e. The second-order valence-corrected chi connectivity index (χ2v) is 8.60. The fourth-order valence-electron chi connectivity index (χ4n) is 2.69. The van der Waals surface area contributed by atoms with Crippen LogP contribution in [0.1, 0.15) is 10.4 Å². The van der Waals surface area contributed by atoms with Gasteiger partial charge in [-0.25, -0.2) is 13.4 Å². The van der Waals surface area contributed by atoms with E-state index < -0.39 is 10.0 Å². The standard InChI is InChI=1S/C19H20N4O4S2/c1-27-17-12-14(7-8-16(17)22-29(3,25)26)21-18(24)13-5-4-6-15(11-13)23-10-9-20-19(23)28-2/h4-12,22H,1-3H3,(H,21,24). The number of sulfonamides is 1.